The van der Waals surface area contributed by atoms with E-state index in [9.17, 15) is 8.78 Å². The molecular weight excluding hydrogens is 288 g/mol. The van der Waals surface area contributed by atoms with Crippen molar-refractivity contribution in [2.45, 2.75) is 6.54 Å². The predicted molar refractivity (Wildman–Crippen MR) is 81.2 cm³/mol. The number of benzene rings is 2. The number of nitrogens with one attached hydrogen (secondary N) is 1. The molecule has 0 fully saturated rings. The smallest absolute Gasteiger partial charge is 0.208 e. The Morgan fingerprint density at radius 2 is 1.82 bits per heavy atom. The molecule has 22 heavy (non-hydrogen) atoms. The van der Waals surface area contributed by atoms with Gasteiger partial charge in [-0.1, -0.05) is 18.2 Å². The SMILES string of the molecule is COCCn1c(Nc2c(F)cccc2F)nc2ccccc21. The fourth-order valence-corrected chi connectivity index (χ4v) is 2.31. The van der Waals surface area contributed by atoms with Gasteiger partial charge >= 0.3 is 0 Å². The first-order chi connectivity index (χ1) is 10.7. The van der Waals surface area contributed by atoms with Gasteiger partial charge in [-0.25, -0.2) is 13.8 Å². The topological polar surface area (TPSA) is 39.1 Å². The molecule has 114 valence electrons. The van der Waals surface area contributed by atoms with Crippen molar-refractivity contribution >= 4 is 22.7 Å². The van der Waals surface area contributed by atoms with Crippen LogP contribution in [0.2, 0.25) is 0 Å². The van der Waals surface area contributed by atoms with Gasteiger partial charge in [0.15, 0.2) is 0 Å². The molecular formula is C16H15F2N3O. The van der Waals surface area contributed by atoms with Crippen LogP contribution < -0.4 is 5.32 Å². The van der Waals surface area contributed by atoms with E-state index in [0.717, 1.165) is 11.0 Å². The van der Waals surface area contributed by atoms with Gasteiger partial charge in [-0.05, 0) is 24.3 Å². The molecule has 3 rings (SSSR count). The lowest BCUT2D eigenvalue weighted by Gasteiger charge is -2.11. The zero-order valence-corrected chi connectivity index (χ0v) is 12.0. The van der Waals surface area contributed by atoms with Crippen LogP contribution in [-0.4, -0.2) is 23.3 Å². The molecule has 2 aromatic carbocycles. The van der Waals surface area contributed by atoms with Gasteiger partial charge in [0.1, 0.15) is 17.3 Å². The van der Waals surface area contributed by atoms with E-state index in [0.29, 0.717) is 19.1 Å². The number of hydrogen-bond donors (Lipinski definition) is 1. The predicted octanol–water partition coefficient (Wildman–Crippen LogP) is 3.70. The highest BCUT2D eigenvalue weighted by atomic mass is 19.1. The molecule has 0 aliphatic heterocycles. The average Bonchev–Trinajstić information content (AvgIpc) is 2.86. The van der Waals surface area contributed by atoms with Gasteiger partial charge in [0.25, 0.3) is 0 Å². The Hall–Kier alpha value is -2.47. The molecule has 0 bridgehead atoms. The van der Waals surface area contributed by atoms with Crippen LogP contribution in [0.15, 0.2) is 42.5 Å². The molecule has 4 nitrogen and oxygen atoms in total. The summed E-state index contributed by atoms with van der Waals surface area (Å²) >= 11 is 0. The van der Waals surface area contributed by atoms with Gasteiger partial charge in [0, 0.05) is 13.7 Å². The van der Waals surface area contributed by atoms with Crippen LogP contribution in [0.1, 0.15) is 0 Å². The summed E-state index contributed by atoms with van der Waals surface area (Å²) in [5.41, 5.74) is 1.41. The van der Waals surface area contributed by atoms with E-state index < -0.39 is 11.6 Å². The number of anilines is 2. The maximum absolute atomic E-state index is 13.8. The number of nitrogens with zero attached hydrogens (tertiary/aromatic N) is 2. The molecule has 0 aliphatic carbocycles. The summed E-state index contributed by atoms with van der Waals surface area (Å²) in [6.07, 6.45) is 0. The summed E-state index contributed by atoms with van der Waals surface area (Å²) in [5, 5.41) is 2.75. The van der Waals surface area contributed by atoms with E-state index in [4.69, 9.17) is 4.74 Å². The lowest BCUT2D eigenvalue weighted by Crippen LogP contribution is -2.09. The normalized spacial score (nSPS) is 11.0. The maximum atomic E-state index is 13.8. The quantitative estimate of drug-likeness (QED) is 0.781. The maximum Gasteiger partial charge on any atom is 0.208 e. The van der Waals surface area contributed by atoms with Crippen molar-refractivity contribution < 1.29 is 13.5 Å². The first-order valence-electron chi connectivity index (χ1n) is 6.86. The number of rotatable bonds is 5. The Kier molecular flexibility index (Phi) is 4.02. The molecule has 1 N–H and O–H groups in total. The van der Waals surface area contributed by atoms with Gasteiger partial charge in [-0.3, -0.25) is 0 Å². The van der Waals surface area contributed by atoms with Crippen molar-refractivity contribution in [3.8, 4) is 0 Å². The summed E-state index contributed by atoms with van der Waals surface area (Å²) in [4.78, 5) is 4.41. The van der Waals surface area contributed by atoms with Crippen molar-refractivity contribution in [1.82, 2.24) is 9.55 Å². The zero-order chi connectivity index (χ0) is 15.5. The second-order valence-corrected chi connectivity index (χ2v) is 4.79. The second kappa shape index (κ2) is 6.11. The van der Waals surface area contributed by atoms with Gasteiger partial charge in [0.05, 0.1) is 17.6 Å². The number of aromatic nitrogens is 2. The van der Waals surface area contributed by atoms with Crippen LogP contribution in [-0.2, 0) is 11.3 Å². The van der Waals surface area contributed by atoms with Crippen LogP contribution >= 0.6 is 0 Å². The number of ether oxygens (including phenoxy) is 1. The first-order valence-corrected chi connectivity index (χ1v) is 6.86. The zero-order valence-electron chi connectivity index (χ0n) is 12.0. The third-order valence-electron chi connectivity index (χ3n) is 3.37. The van der Waals surface area contributed by atoms with Gasteiger partial charge in [-0.2, -0.15) is 0 Å². The van der Waals surface area contributed by atoms with Crippen molar-refractivity contribution in [1.29, 1.82) is 0 Å². The number of hydrogen-bond acceptors (Lipinski definition) is 3. The van der Waals surface area contributed by atoms with Crippen molar-refractivity contribution in [3.63, 3.8) is 0 Å². The van der Waals surface area contributed by atoms with E-state index in [1.807, 2.05) is 28.8 Å². The number of imidazole rings is 1. The molecule has 0 amide bonds. The standard InChI is InChI=1S/C16H15F2N3O/c1-22-10-9-21-14-8-3-2-7-13(14)19-16(21)20-15-11(17)5-4-6-12(15)18/h2-8H,9-10H2,1H3,(H,19,20). The van der Waals surface area contributed by atoms with E-state index in [2.05, 4.69) is 10.3 Å². The van der Waals surface area contributed by atoms with Crippen LogP contribution in [0.25, 0.3) is 11.0 Å². The fourth-order valence-electron chi connectivity index (χ4n) is 2.31. The molecule has 0 radical (unpaired) electrons. The van der Waals surface area contributed by atoms with E-state index in [1.54, 1.807) is 7.11 Å². The van der Waals surface area contributed by atoms with Crippen molar-refractivity contribution in [3.05, 3.63) is 54.1 Å². The number of para-hydroxylation sites is 3. The van der Waals surface area contributed by atoms with Crippen LogP contribution in [0.3, 0.4) is 0 Å². The lowest BCUT2D eigenvalue weighted by molar-refractivity contribution is 0.189. The number of fused-ring (bicyclic) bond motifs is 1. The van der Waals surface area contributed by atoms with E-state index in [1.165, 1.54) is 18.2 Å². The summed E-state index contributed by atoms with van der Waals surface area (Å²) < 4.78 is 34.6. The minimum absolute atomic E-state index is 0.212. The van der Waals surface area contributed by atoms with Gasteiger partial charge < -0.3 is 14.6 Å². The highest BCUT2D eigenvalue weighted by molar-refractivity contribution is 5.79. The molecule has 6 heteroatoms. The number of methoxy groups -OCH3 is 1. The monoisotopic (exact) mass is 303 g/mol. The Bertz CT molecular complexity index is 781. The van der Waals surface area contributed by atoms with Crippen LogP contribution in [0.4, 0.5) is 20.4 Å². The Morgan fingerprint density at radius 3 is 2.55 bits per heavy atom. The Balaban J connectivity index is 2.06. The van der Waals surface area contributed by atoms with Crippen molar-refractivity contribution in [2.75, 3.05) is 19.0 Å². The minimum Gasteiger partial charge on any atom is -0.383 e. The Labute approximate surface area is 126 Å². The molecule has 3 aromatic rings. The highest BCUT2D eigenvalue weighted by Gasteiger charge is 2.14. The third-order valence-corrected chi connectivity index (χ3v) is 3.37. The average molecular weight is 303 g/mol. The molecule has 0 saturated carbocycles. The van der Waals surface area contributed by atoms with Gasteiger partial charge in [-0.15, -0.1) is 0 Å². The molecule has 1 aromatic heterocycles. The van der Waals surface area contributed by atoms with Crippen molar-refractivity contribution in [2.24, 2.45) is 0 Å². The largest absolute Gasteiger partial charge is 0.383 e. The first kappa shape index (κ1) is 14.5. The molecule has 0 unspecified atom stereocenters. The summed E-state index contributed by atoms with van der Waals surface area (Å²) in [6.45, 7) is 0.990. The van der Waals surface area contributed by atoms with E-state index >= 15 is 0 Å². The second-order valence-electron chi connectivity index (χ2n) is 4.79. The molecule has 0 spiro atoms. The third kappa shape index (κ3) is 2.65. The minimum atomic E-state index is -0.662. The summed E-state index contributed by atoms with van der Waals surface area (Å²) in [6, 6.07) is 11.2. The molecule has 0 atom stereocenters. The Morgan fingerprint density at radius 1 is 1.09 bits per heavy atom. The number of halogens is 2. The van der Waals surface area contributed by atoms with Crippen LogP contribution in [0, 0.1) is 11.6 Å². The molecule has 0 aliphatic rings. The lowest BCUT2D eigenvalue weighted by atomic mass is 10.3. The van der Waals surface area contributed by atoms with E-state index in [-0.39, 0.29) is 5.69 Å². The fraction of sp³-hybridized carbons (Fsp3) is 0.188. The summed E-state index contributed by atoms with van der Waals surface area (Å²) in [5.74, 6) is -0.946. The molecule has 0 saturated heterocycles. The van der Waals surface area contributed by atoms with Crippen LogP contribution in [0.5, 0.6) is 0 Å². The van der Waals surface area contributed by atoms with Gasteiger partial charge in [0.2, 0.25) is 5.95 Å². The highest BCUT2D eigenvalue weighted by Crippen LogP contribution is 2.26. The molecule has 1 heterocycles. The summed E-state index contributed by atoms with van der Waals surface area (Å²) in [7, 11) is 1.60.